The van der Waals surface area contributed by atoms with Gasteiger partial charge in [-0.15, -0.1) is 0 Å². The third-order valence-electron chi connectivity index (χ3n) is 6.28. The van der Waals surface area contributed by atoms with Gasteiger partial charge in [-0.05, 0) is 12.0 Å². The summed E-state index contributed by atoms with van der Waals surface area (Å²) >= 11 is 0. The minimum Gasteiger partial charge on any atom is -0.482 e. The van der Waals surface area contributed by atoms with Crippen LogP contribution < -0.4 is 0 Å². The van der Waals surface area contributed by atoms with E-state index in [1.54, 1.807) is 0 Å². The average Bonchev–Trinajstić information content (AvgIpc) is 3.25. The lowest BCUT2D eigenvalue weighted by Gasteiger charge is -2.15. The van der Waals surface area contributed by atoms with Crippen LogP contribution in [0.4, 0.5) is 0 Å². The van der Waals surface area contributed by atoms with E-state index in [0.717, 1.165) is 24.8 Å². The van der Waals surface area contributed by atoms with Crippen molar-refractivity contribution < 1.29 is 28.9 Å². The first-order chi connectivity index (χ1) is 17.1. The monoisotopic (exact) mass is 488 g/mol. The smallest absolute Gasteiger partial charge is 0.374 e. The molecule has 0 spiro atoms. The predicted molar refractivity (Wildman–Crippen MR) is 136 cm³/mol. The number of carbonyl (C=O) groups is 2. The normalized spacial score (nSPS) is 16.0. The van der Waals surface area contributed by atoms with Crippen LogP contribution >= 0.6 is 0 Å². The van der Waals surface area contributed by atoms with Gasteiger partial charge in [-0.25, -0.2) is 4.79 Å². The van der Waals surface area contributed by atoms with Gasteiger partial charge < -0.3 is 19.3 Å². The summed E-state index contributed by atoms with van der Waals surface area (Å²) in [7, 11) is 0. The van der Waals surface area contributed by atoms with Gasteiger partial charge in [-0.1, -0.05) is 114 Å². The van der Waals surface area contributed by atoms with Crippen LogP contribution in [0.15, 0.2) is 42.2 Å². The standard InChI is InChI=1S/C29H44O6/c1-2-3-4-5-6-7-8-9-10-11-12-13-17-20-28(31)34-23-25(30)26-21-27(29(32)35-26)33-22-24-18-15-14-16-19-24/h14-16,18-19,21,25-26,30H,2-13,17,20,22-23H2,1H3/t25-,26+/m1/s1. The molecule has 1 heterocycles. The second-order valence-electron chi connectivity index (χ2n) is 9.42. The van der Waals surface area contributed by atoms with Crippen LogP contribution in [0.25, 0.3) is 0 Å². The summed E-state index contributed by atoms with van der Waals surface area (Å²) in [6, 6.07) is 9.46. The average molecular weight is 489 g/mol. The molecule has 1 aliphatic heterocycles. The quantitative estimate of drug-likeness (QED) is 0.169. The SMILES string of the molecule is CCCCCCCCCCCCCCCC(=O)OC[C@@H](O)[C@@H]1C=C(OCc2ccccc2)C(=O)O1. The number of carbonyl (C=O) groups excluding carboxylic acids is 2. The minimum absolute atomic E-state index is 0.0659. The third kappa shape index (κ3) is 12.8. The number of unbranched alkanes of at least 4 members (excludes halogenated alkanes) is 12. The fourth-order valence-corrected chi connectivity index (χ4v) is 4.10. The molecule has 2 atom stereocenters. The molecule has 0 aliphatic carbocycles. The number of benzene rings is 1. The van der Waals surface area contributed by atoms with Crippen molar-refractivity contribution in [3.8, 4) is 0 Å². The Bertz CT molecular complexity index is 745. The van der Waals surface area contributed by atoms with Crippen molar-refractivity contribution in [3.05, 3.63) is 47.7 Å². The van der Waals surface area contributed by atoms with Crippen LogP contribution in [-0.2, 0) is 30.4 Å². The molecule has 0 aromatic heterocycles. The number of hydrogen-bond acceptors (Lipinski definition) is 6. The van der Waals surface area contributed by atoms with Crippen molar-refractivity contribution in [3.63, 3.8) is 0 Å². The molecule has 1 aromatic carbocycles. The zero-order valence-corrected chi connectivity index (χ0v) is 21.4. The van der Waals surface area contributed by atoms with Gasteiger partial charge in [0.2, 0.25) is 5.76 Å². The number of cyclic esters (lactones) is 1. The Morgan fingerprint density at radius 3 is 2.09 bits per heavy atom. The summed E-state index contributed by atoms with van der Waals surface area (Å²) in [5, 5.41) is 10.2. The van der Waals surface area contributed by atoms with Crippen LogP contribution in [0.5, 0.6) is 0 Å². The highest BCUT2D eigenvalue weighted by atomic mass is 16.6. The summed E-state index contributed by atoms with van der Waals surface area (Å²) in [6.07, 6.45) is 16.1. The van der Waals surface area contributed by atoms with Gasteiger partial charge in [-0.2, -0.15) is 0 Å². The summed E-state index contributed by atoms with van der Waals surface area (Å²) in [5.41, 5.74) is 0.923. The molecule has 1 aromatic rings. The van der Waals surface area contributed by atoms with E-state index in [1.165, 1.54) is 70.3 Å². The van der Waals surface area contributed by atoms with Gasteiger partial charge in [0, 0.05) is 12.5 Å². The zero-order valence-electron chi connectivity index (χ0n) is 21.4. The summed E-state index contributed by atoms with van der Waals surface area (Å²) in [5.74, 6) is -0.888. The summed E-state index contributed by atoms with van der Waals surface area (Å²) in [4.78, 5) is 23.9. The first-order valence-electron chi connectivity index (χ1n) is 13.5. The Hall–Kier alpha value is -2.34. The van der Waals surface area contributed by atoms with Gasteiger partial charge in [-0.3, -0.25) is 4.79 Å². The van der Waals surface area contributed by atoms with E-state index >= 15 is 0 Å². The predicted octanol–water partition coefficient (Wildman–Crippen LogP) is 6.40. The Morgan fingerprint density at radius 2 is 1.49 bits per heavy atom. The molecule has 6 nitrogen and oxygen atoms in total. The van der Waals surface area contributed by atoms with Crippen LogP contribution in [0, 0.1) is 0 Å². The molecular weight excluding hydrogens is 444 g/mol. The largest absolute Gasteiger partial charge is 0.482 e. The molecule has 0 bridgehead atoms. The molecule has 0 amide bonds. The van der Waals surface area contributed by atoms with Gasteiger partial charge in [0.15, 0.2) is 6.10 Å². The Labute approximate surface area is 211 Å². The summed E-state index contributed by atoms with van der Waals surface area (Å²) in [6.45, 7) is 2.28. The number of aliphatic hydroxyl groups is 1. The van der Waals surface area contributed by atoms with Gasteiger partial charge in [0.25, 0.3) is 0 Å². The summed E-state index contributed by atoms with van der Waals surface area (Å²) < 4.78 is 15.8. The van der Waals surface area contributed by atoms with Gasteiger partial charge >= 0.3 is 11.9 Å². The highest BCUT2D eigenvalue weighted by Gasteiger charge is 2.32. The van der Waals surface area contributed by atoms with Crippen molar-refractivity contribution >= 4 is 11.9 Å². The lowest BCUT2D eigenvalue weighted by Crippen LogP contribution is -2.31. The molecule has 196 valence electrons. The van der Waals surface area contributed by atoms with E-state index in [4.69, 9.17) is 14.2 Å². The lowest BCUT2D eigenvalue weighted by atomic mass is 10.0. The maximum Gasteiger partial charge on any atom is 0.374 e. The second kappa shape index (κ2) is 18.0. The molecule has 0 radical (unpaired) electrons. The van der Waals surface area contributed by atoms with E-state index < -0.39 is 18.2 Å². The maximum absolute atomic E-state index is 12.0. The first-order valence-corrected chi connectivity index (χ1v) is 13.5. The van der Waals surface area contributed by atoms with E-state index in [1.807, 2.05) is 30.3 Å². The van der Waals surface area contributed by atoms with E-state index in [-0.39, 0.29) is 24.9 Å². The molecule has 0 saturated heterocycles. The lowest BCUT2D eigenvalue weighted by molar-refractivity contribution is -0.153. The minimum atomic E-state index is -1.12. The number of rotatable bonds is 20. The van der Waals surface area contributed by atoms with E-state index in [9.17, 15) is 14.7 Å². The molecule has 0 unspecified atom stereocenters. The van der Waals surface area contributed by atoms with Crippen LogP contribution in [0.2, 0.25) is 0 Å². The van der Waals surface area contributed by atoms with Crippen molar-refractivity contribution in [1.29, 1.82) is 0 Å². The molecule has 6 heteroatoms. The molecule has 35 heavy (non-hydrogen) atoms. The highest BCUT2D eigenvalue weighted by molar-refractivity contribution is 5.88. The maximum atomic E-state index is 12.0. The first kappa shape index (κ1) is 28.9. The van der Waals surface area contributed by atoms with Crippen LogP contribution in [-0.4, -0.2) is 35.9 Å². The topological polar surface area (TPSA) is 82.1 Å². The third-order valence-corrected chi connectivity index (χ3v) is 6.28. The zero-order chi connectivity index (χ0) is 25.1. The fraction of sp³-hybridized carbons (Fsp3) is 0.655. The van der Waals surface area contributed by atoms with Gasteiger partial charge in [0.05, 0.1) is 0 Å². The number of esters is 2. The molecule has 0 fully saturated rings. The Kier molecular flexibility index (Phi) is 14.9. The molecular formula is C29H44O6. The molecule has 0 saturated carbocycles. The van der Waals surface area contributed by atoms with Crippen molar-refractivity contribution in [2.75, 3.05) is 6.61 Å². The van der Waals surface area contributed by atoms with Crippen molar-refractivity contribution in [1.82, 2.24) is 0 Å². The van der Waals surface area contributed by atoms with Gasteiger partial charge in [0.1, 0.15) is 19.3 Å². The number of hydrogen-bond donors (Lipinski definition) is 1. The molecule has 1 aliphatic rings. The van der Waals surface area contributed by atoms with Crippen LogP contribution in [0.3, 0.4) is 0 Å². The fourth-order valence-electron chi connectivity index (χ4n) is 4.10. The highest BCUT2D eigenvalue weighted by Crippen LogP contribution is 2.20. The van der Waals surface area contributed by atoms with E-state index in [2.05, 4.69) is 6.92 Å². The molecule has 1 N–H and O–H groups in total. The molecule has 2 rings (SSSR count). The number of ether oxygens (including phenoxy) is 3. The van der Waals surface area contributed by atoms with E-state index in [0.29, 0.717) is 6.42 Å². The van der Waals surface area contributed by atoms with Crippen molar-refractivity contribution in [2.45, 2.75) is 116 Å². The second-order valence-corrected chi connectivity index (χ2v) is 9.42. The number of aliphatic hydroxyl groups excluding tert-OH is 1. The Morgan fingerprint density at radius 1 is 0.914 bits per heavy atom. The van der Waals surface area contributed by atoms with Crippen LogP contribution in [0.1, 0.15) is 102 Å². The van der Waals surface area contributed by atoms with Crippen molar-refractivity contribution in [2.24, 2.45) is 0 Å². The Balaban J connectivity index is 1.46.